The molecule has 120 valence electrons. The quantitative estimate of drug-likeness (QED) is 0.576. The molecular weight excluding hydrogens is 274 g/mol. The number of ketones is 1. The third kappa shape index (κ3) is 10.6. The number of esters is 1. The van der Waals surface area contributed by atoms with Crippen LogP contribution in [0.2, 0.25) is 0 Å². The van der Waals surface area contributed by atoms with Crippen molar-refractivity contribution < 1.29 is 23.9 Å². The zero-order valence-electron chi connectivity index (χ0n) is 13.4. The Morgan fingerprint density at radius 1 is 1.24 bits per heavy atom. The minimum absolute atomic E-state index is 0.130. The molecule has 0 aromatic rings. The number of allylic oxidation sites excluding steroid dienone is 1. The van der Waals surface area contributed by atoms with Gasteiger partial charge in [-0.05, 0) is 41.0 Å². The third-order valence-electron chi connectivity index (χ3n) is 2.31. The van der Waals surface area contributed by atoms with Crippen molar-refractivity contribution in [1.82, 2.24) is 5.32 Å². The average Bonchev–Trinajstić information content (AvgIpc) is 2.32. The fourth-order valence-electron chi connectivity index (χ4n) is 1.38. The summed E-state index contributed by atoms with van der Waals surface area (Å²) in [7, 11) is 0. The predicted octanol–water partition coefficient (Wildman–Crippen LogP) is 2.37. The van der Waals surface area contributed by atoms with E-state index in [1.165, 1.54) is 6.08 Å². The Bertz CT molecular complexity index is 395. The van der Waals surface area contributed by atoms with Crippen molar-refractivity contribution >= 4 is 17.8 Å². The summed E-state index contributed by atoms with van der Waals surface area (Å²) in [6, 6.07) is -0.629. The average molecular weight is 299 g/mol. The Kier molecular flexibility index (Phi) is 8.35. The highest BCUT2D eigenvalue weighted by Crippen LogP contribution is 2.07. The summed E-state index contributed by atoms with van der Waals surface area (Å²) < 4.78 is 9.78. The van der Waals surface area contributed by atoms with Crippen molar-refractivity contribution in [2.24, 2.45) is 0 Å². The maximum atomic E-state index is 11.8. The molecule has 0 saturated heterocycles. The molecule has 0 unspecified atom stereocenters. The number of carbonyl (C=O) groups excluding carboxylic acids is 3. The molecule has 21 heavy (non-hydrogen) atoms. The lowest BCUT2D eigenvalue weighted by Gasteiger charge is -2.21. The second-order valence-electron chi connectivity index (χ2n) is 5.53. The van der Waals surface area contributed by atoms with Crippen LogP contribution in [-0.4, -0.2) is 36.1 Å². The van der Waals surface area contributed by atoms with E-state index in [-0.39, 0.29) is 12.2 Å². The van der Waals surface area contributed by atoms with E-state index in [9.17, 15) is 14.4 Å². The van der Waals surface area contributed by atoms with Crippen LogP contribution in [0.25, 0.3) is 0 Å². The van der Waals surface area contributed by atoms with Gasteiger partial charge >= 0.3 is 12.1 Å². The van der Waals surface area contributed by atoms with Crippen LogP contribution in [0.4, 0.5) is 4.79 Å². The molecule has 0 rings (SSSR count). The first-order chi connectivity index (χ1) is 9.65. The zero-order valence-corrected chi connectivity index (χ0v) is 13.4. The third-order valence-corrected chi connectivity index (χ3v) is 2.31. The second-order valence-corrected chi connectivity index (χ2v) is 5.53. The largest absolute Gasteiger partial charge is 0.463 e. The molecule has 0 aliphatic rings. The van der Waals surface area contributed by atoms with E-state index < -0.39 is 23.7 Å². The van der Waals surface area contributed by atoms with Crippen molar-refractivity contribution in [3.05, 3.63) is 12.2 Å². The number of hydrogen-bond acceptors (Lipinski definition) is 5. The van der Waals surface area contributed by atoms with E-state index in [0.29, 0.717) is 13.0 Å². The summed E-state index contributed by atoms with van der Waals surface area (Å²) in [5.74, 6) is -0.556. The van der Waals surface area contributed by atoms with Gasteiger partial charge in [-0.2, -0.15) is 0 Å². The summed E-state index contributed by atoms with van der Waals surface area (Å²) in [4.78, 5) is 34.3. The lowest BCUT2D eigenvalue weighted by atomic mass is 10.1. The van der Waals surface area contributed by atoms with E-state index in [1.807, 2.05) is 0 Å². The van der Waals surface area contributed by atoms with Crippen LogP contribution in [0.1, 0.15) is 47.5 Å². The highest BCUT2D eigenvalue weighted by Gasteiger charge is 2.20. The first-order valence-corrected chi connectivity index (χ1v) is 7.01. The number of ether oxygens (including phenoxy) is 2. The highest BCUT2D eigenvalue weighted by molar-refractivity contribution is 5.87. The number of amides is 1. The van der Waals surface area contributed by atoms with Crippen LogP contribution >= 0.6 is 0 Å². The van der Waals surface area contributed by atoms with Gasteiger partial charge in [0.2, 0.25) is 0 Å². The van der Waals surface area contributed by atoms with E-state index in [2.05, 4.69) is 5.32 Å². The van der Waals surface area contributed by atoms with Gasteiger partial charge in [0.05, 0.1) is 12.6 Å². The van der Waals surface area contributed by atoms with Crippen molar-refractivity contribution in [3.8, 4) is 0 Å². The molecule has 6 nitrogen and oxygen atoms in total. The molecule has 0 aliphatic carbocycles. The Hall–Kier alpha value is -1.85. The summed E-state index contributed by atoms with van der Waals surface area (Å²) in [5, 5.41) is 2.48. The molecule has 0 fully saturated rings. The molecule has 0 aromatic carbocycles. The van der Waals surface area contributed by atoms with Gasteiger partial charge < -0.3 is 14.8 Å². The number of nitrogens with one attached hydrogen (secondary N) is 1. The van der Waals surface area contributed by atoms with Crippen LogP contribution < -0.4 is 5.32 Å². The molecule has 0 aliphatic heterocycles. The lowest BCUT2D eigenvalue weighted by Crippen LogP contribution is -2.41. The Balaban J connectivity index is 4.06. The maximum Gasteiger partial charge on any atom is 0.408 e. The van der Waals surface area contributed by atoms with Gasteiger partial charge in [-0.3, -0.25) is 4.79 Å². The SMILES string of the molecule is CCOC(=O)/C=C/CCC(=O)[C@H](C)NC(=O)OC(C)(C)C. The lowest BCUT2D eigenvalue weighted by molar-refractivity contribution is -0.137. The van der Waals surface area contributed by atoms with Crippen molar-refractivity contribution in [2.75, 3.05) is 6.61 Å². The Morgan fingerprint density at radius 2 is 1.86 bits per heavy atom. The number of carbonyl (C=O) groups is 3. The minimum Gasteiger partial charge on any atom is -0.463 e. The number of hydrogen-bond donors (Lipinski definition) is 1. The molecule has 0 bridgehead atoms. The Labute approximate surface area is 125 Å². The van der Waals surface area contributed by atoms with Gasteiger partial charge in [-0.25, -0.2) is 9.59 Å². The van der Waals surface area contributed by atoms with Gasteiger partial charge in [-0.15, -0.1) is 0 Å². The summed E-state index contributed by atoms with van der Waals surface area (Å²) in [6.45, 7) is 8.89. The predicted molar refractivity (Wildman–Crippen MR) is 78.8 cm³/mol. The van der Waals surface area contributed by atoms with E-state index in [1.54, 1.807) is 40.7 Å². The van der Waals surface area contributed by atoms with E-state index >= 15 is 0 Å². The summed E-state index contributed by atoms with van der Waals surface area (Å²) in [6.07, 6.45) is 2.90. The molecule has 0 aromatic heterocycles. The monoisotopic (exact) mass is 299 g/mol. The standard InChI is InChI=1S/C15H25NO5/c1-6-20-13(18)10-8-7-9-12(17)11(2)16-14(19)21-15(3,4)5/h8,10-11H,6-7,9H2,1-5H3,(H,16,19)/b10-8+/t11-/m0/s1. The topological polar surface area (TPSA) is 81.7 Å². The summed E-state index contributed by atoms with van der Waals surface area (Å²) >= 11 is 0. The van der Waals surface area contributed by atoms with Gasteiger partial charge in [0.1, 0.15) is 5.60 Å². The van der Waals surface area contributed by atoms with Gasteiger partial charge in [0, 0.05) is 12.5 Å². The molecule has 1 atom stereocenters. The molecule has 1 amide bonds. The van der Waals surface area contributed by atoms with E-state index in [0.717, 1.165) is 0 Å². The molecular formula is C15H25NO5. The van der Waals surface area contributed by atoms with Crippen LogP contribution in [0.15, 0.2) is 12.2 Å². The van der Waals surface area contributed by atoms with Gasteiger partial charge in [0.15, 0.2) is 5.78 Å². The van der Waals surface area contributed by atoms with Crippen LogP contribution in [0.5, 0.6) is 0 Å². The minimum atomic E-state index is -0.629. The zero-order chi connectivity index (χ0) is 16.5. The number of Topliss-reactive ketones (excluding diaryl/α,β-unsaturated/α-hetero) is 1. The highest BCUT2D eigenvalue weighted by atomic mass is 16.6. The second kappa shape index (κ2) is 9.15. The van der Waals surface area contributed by atoms with Gasteiger partial charge in [-0.1, -0.05) is 6.08 Å². The van der Waals surface area contributed by atoms with Crippen LogP contribution in [0, 0.1) is 0 Å². The maximum absolute atomic E-state index is 11.8. The van der Waals surface area contributed by atoms with Crippen LogP contribution in [-0.2, 0) is 19.1 Å². The number of alkyl carbamates (subject to hydrolysis) is 1. The molecule has 0 saturated carbocycles. The fraction of sp³-hybridized carbons (Fsp3) is 0.667. The first-order valence-electron chi connectivity index (χ1n) is 7.01. The van der Waals surface area contributed by atoms with Gasteiger partial charge in [0.25, 0.3) is 0 Å². The first kappa shape index (κ1) is 19.1. The van der Waals surface area contributed by atoms with Crippen LogP contribution in [0.3, 0.4) is 0 Å². The molecule has 0 spiro atoms. The van der Waals surface area contributed by atoms with Crippen molar-refractivity contribution in [3.63, 3.8) is 0 Å². The summed E-state index contributed by atoms with van der Waals surface area (Å²) in [5.41, 5.74) is -0.602. The fourth-order valence-corrected chi connectivity index (χ4v) is 1.38. The van der Waals surface area contributed by atoms with E-state index in [4.69, 9.17) is 9.47 Å². The van der Waals surface area contributed by atoms with Crippen molar-refractivity contribution in [2.45, 2.75) is 59.1 Å². The molecule has 0 heterocycles. The smallest absolute Gasteiger partial charge is 0.408 e. The number of rotatable bonds is 7. The molecule has 0 radical (unpaired) electrons. The normalized spacial score (nSPS) is 12.8. The molecule has 1 N–H and O–H groups in total. The Morgan fingerprint density at radius 3 is 2.38 bits per heavy atom. The molecule has 6 heteroatoms. The van der Waals surface area contributed by atoms with Crippen molar-refractivity contribution in [1.29, 1.82) is 0 Å².